The molecule has 0 spiro atoms. The maximum absolute atomic E-state index is 11.8. The Morgan fingerprint density at radius 3 is 1.82 bits per heavy atom. The Morgan fingerprint density at radius 2 is 1.65 bits per heavy atom. The monoisotopic (exact) mass is 246 g/mol. The first-order valence-electron chi connectivity index (χ1n) is 5.67. The average molecular weight is 246 g/mol. The summed E-state index contributed by atoms with van der Waals surface area (Å²) in [6.45, 7) is 4.95. The topological polar surface area (TPSA) is 94.8 Å². The zero-order chi connectivity index (χ0) is 13.8. The van der Waals surface area contributed by atoms with Gasteiger partial charge in [-0.3, -0.25) is 9.59 Å². The minimum absolute atomic E-state index is 0.184. The molecule has 0 fully saturated rings. The van der Waals surface area contributed by atoms with Gasteiger partial charge in [0.2, 0.25) is 0 Å². The molecular weight excluding hydrogens is 224 g/mol. The Bertz CT molecular complexity index is 285. The van der Waals surface area contributed by atoms with Crippen LogP contribution in [0.4, 0.5) is 0 Å². The second kappa shape index (κ2) is 6.23. The maximum atomic E-state index is 11.8. The van der Waals surface area contributed by atoms with Gasteiger partial charge in [0.25, 0.3) is 0 Å². The molecule has 0 bridgehead atoms. The van der Waals surface area contributed by atoms with Crippen molar-refractivity contribution in [3.63, 3.8) is 0 Å². The molecule has 5 nitrogen and oxygen atoms in total. The molecule has 0 amide bonds. The molecule has 0 heterocycles. The fraction of sp³-hybridized carbons (Fsp3) is 0.833. The fourth-order valence-corrected chi connectivity index (χ4v) is 2.43. The molecule has 0 rings (SSSR count). The molecule has 4 unspecified atom stereocenters. The lowest BCUT2D eigenvalue weighted by Gasteiger charge is -2.41. The summed E-state index contributed by atoms with van der Waals surface area (Å²) in [5.41, 5.74) is -1.42. The van der Waals surface area contributed by atoms with E-state index in [0.29, 0.717) is 0 Å². The van der Waals surface area contributed by atoms with Gasteiger partial charge in [-0.05, 0) is 27.7 Å². The Balaban J connectivity index is 5.59. The second-order valence-electron chi connectivity index (χ2n) is 4.68. The van der Waals surface area contributed by atoms with E-state index in [1.807, 2.05) is 0 Å². The summed E-state index contributed by atoms with van der Waals surface area (Å²) in [5, 5.41) is 28.8. The van der Waals surface area contributed by atoms with E-state index in [2.05, 4.69) is 0 Å². The summed E-state index contributed by atoms with van der Waals surface area (Å²) in [6.07, 6.45) is -2.29. The molecule has 17 heavy (non-hydrogen) atoms. The zero-order valence-electron chi connectivity index (χ0n) is 10.8. The van der Waals surface area contributed by atoms with Crippen LogP contribution in [0.25, 0.3) is 0 Å². The van der Waals surface area contributed by atoms with Crippen molar-refractivity contribution in [2.75, 3.05) is 6.61 Å². The summed E-state index contributed by atoms with van der Waals surface area (Å²) >= 11 is 0. The van der Waals surface area contributed by atoms with Gasteiger partial charge < -0.3 is 15.3 Å². The highest BCUT2D eigenvalue weighted by molar-refractivity contribution is 5.89. The SMILES string of the molecule is CC(=O)CC(C(C)=O)(C(C)O)C(CO)C(C)O. The number of carbonyl (C=O) groups is 2. The van der Waals surface area contributed by atoms with E-state index in [0.717, 1.165) is 0 Å². The van der Waals surface area contributed by atoms with Gasteiger partial charge >= 0.3 is 0 Å². The van der Waals surface area contributed by atoms with Gasteiger partial charge in [-0.2, -0.15) is 0 Å². The Morgan fingerprint density at radius 1 is 1.18 bits per heavy atom. The van der Waals surface area contributed by atoms with E-state index in [-0.39, 0.29) is 12.2 Å². The highest BCUT2D eigenvalue weighted by Gasteiger charge is 2.49. The van der Waals surface area contributed by atoms with Crippen molar-refractivity contribution < 1.29 is 24.9 Å². The van der Waals surface area contributed by atoms with Gasteiger partial charge in [-0.1, -0.05) is 0 Å². The average Bonchev–Trinajstić information content (AvgIpc) is 2.14. The molecule has 4 atom stereocenters. The van der Waals surface area contributed by atoms with Crippen LogP contribution in [-0.4, -0.2) is 45.7 Å². The van der Waals surface area contributed by atoms with Gasteiger partial charge in [0.15, 0.2) is 0 Å². The molecule has 0 aliphatic rings. The number of hydrogen-bond donors (Lipinski definition) is 3. The molecule has 3 N–H and O–H groups in total. The molecule has 0 radical (unpaired) electrons. The van der Waals surface area contributed by atoms with Crippen molar-refractivity contribution in [2.24, 2.45) is 11.3 Å². The lowest BCUT2D eigenvalue weighted by molar-refractivity contribution is -0.151. The highest BCUT2D eigenvalue weighted by atomic mass is 16.3. The molecule has 0 aliphatic heterocycles. The van der Waals surface area contributed by atoms with Crippen LogP contribution in [0.15, 0.2) is 0 Å². The van der Waals surface area contributed by atoms with Crippen LogP contribution in [0.1, 0.15) is 34.1 Å². The predicted molar refractivity (Wildman–Crippen MR) is 62.3 cm³/mol. The lowest BCUT2D eigenvalue weighted by Crippen LogP contribution is -2.52. The first-order valence-corrected chi connectivity index (χ1v) is 5.67. The van der Waals surface area contributed by atoms with E-state index in [9.17, 15) is 24.9 Å². The molecule has 0 saturated heterocycles. The smallest absolute Gasteiger partial charge is 0.139 e. The first kappa shape index (κ1) is 16.2. The summed E-state index contributed by atoms with van der Waals surface area (Å²) in [6, 6.07) is 0. The molecule has 0 aromatic rings. The van der Waals surface area contributed by atoms with Crippen LogP contribution in [0.3, 0.4) is 0 Å². The van der Waals surface area contributed by atoms with Crippen LogP contribution in [0.2, 0.25) is 0 Å². The van der Waals surface area contributed by atoms with E-state index < -0.39 is 35.9 Å². The standard InChI is InChI=1S/C12H22O5/c1-7(14)5-12(9(3)16,10(4)17)11(6-13)8(2)15/h8-9,11,13,15-16H,5-6H2,1-4H3. The maximum Gasteiger partial charge on any atom is 0.139 e. The van der Waals surface area contributed by atoms with Crippen LogP contribution >= 0.6 is 0 Å². The van der Waals surface area contributed by atoms with Crippen LogP contribution in [0.5, 0.6) is 0 Å². The van der Waals surface area contributed by atoms with Gasteiger partial charge in [-0.15, -0.1) is 0 Å². The minimum atomic E-state index is -1.42. The molecule has 5 heteroatoms. The van der Waals surface area contributed by atoms with Gasteiger partial charge in [0, 0.05) is 18.9 Å². The highest BCUT2D eigenvalue weighted by Crippen LogP contribution is 2.39. The van der Waals surface area contributed by atoms with Crippen molar-refractivity contribution >= 4 is 11.6 Å². The van der Waals surface area contributed by atoms with Gasteiger partial charge in [0.1, 0.15) is 11.6 Å². The number of carbonyl (C=O) groups excluding carboxylic acids is 2. The molecular formula is C12H22O5. The van der Waals surface area contributed by atoms with E-state index in [1.165, 1.54) is 27.7 Å². The lowest BCUT2D eigenvalue weighted by atomic mass is 9.64. The third-order valence-electron chi connectivity index (χ3n) is 3.38. The number of aliphatic hydroxyl groups is 3. The Labute approximate surface area is 101 Å². The summed E-state index contributed by atoms with van der Waals surface area (Å²) < 4.78 is 0. The van der Waals surface area contributed by atoms with Crippen LogP contribution in [-0.2, 0) is 9.59 Å². The van der Waals surface area contributed by atoms with Crippen molar-refractivity contribution in [3.05, 3.63) is 0 Å². The van der Waals surface area contributed by atoms with E-state index in [4.69, 9.17) is 0 Å². The van der Waals surface area contributed by atoms with Crippen molar-refractivity contribution in [2.45, 2.75) is 46.3 Å². The first-order chi connectivity index (χ1) is 7.70. The zero-order valence-corrected chi connectivity index (χ0v) is 10.8. The third kappa shape index (κ3) is 3.34. The fourth-order valence-electron chi connectivity index (χ4n) is 2.43. The summed E-state index contributed by atoms with van der Waals surface area (Å²) in [4.78, 5) is 23.1. The quantitative estimate of drug-likeness (QED) is 0.583. The molecule has 0 saturated carbocycles. The Kier molecular flexibility index (Phi) is 5.95. The normalized spacial score (nSPS) is 20.2. The van der Waals surface area contributed by atoms with Crippen molar-refractivity contribution in [1.29, 1.82) is 0 Å². The number of Topliss-reactive ketones (excluding diaryl/α,β-unsaturated/α-hetero) is 2. The largest absolute Gasteiger partial charge is 0.396 e. The van der Waals surface area contributed by atoms with Crippen LogP contribution < -0.4 is 0 Å². The third-order valence-corrected chi connectivity index (χ3v) is 3.38. The number of ketones is 2. The minimum Gasteiger partial charge on any atom is -0.396 e. The summed E-state index contributed by atoms with van der Waals surface area (Å²) in [7, 11) is 0. The van der Waals surface area contributed by atoms with Crippen LogP contribution in [0, 0.1) is 11.3 Å². The predicted octanol–water partition coefficient (Wildman–Crippen LogP) is -0.0890. The molecule has 0 aromatic carbocycles. The van der Waals surface area contributed by atoms with Crippen molar-refractivity contribution in [3.8, 4) is 0 Å². The molecule has 0 aromatic heterocycles. The van der Waals surface area contributed by atoms with Crippen molar-refractivity contribution in [1.82, 2.24) is 0 Å². The number of rotatable bonds is 7. The van der Waals surface area contributed by atoms with E-state index in [1.54, 1.807) is 0 Å². The number of aliphatic hydroxyl groups excluding tert-OH is 3. The second-order valence-corrected chi connectivity index (χ2v) is 4.68. The van der Waals surface area contributed by atoms with Gasteiger partial charge in [-0.25, -0.2) is 0 Å². The number of hydrogen-bond acceptors (Lipinski definition) is 5. The summed E-state index contributed by atoms with van der Waals surface area (Å²) in [5.74, 6) is -1.52. The Hall–Kier alpha value is -0.780. The molecule has 0 aliphatic carbocycles. The van der Waals surface area contributed by atoms with Gasteiger partial charge in [0.05, 0.1) is 17.6 Å². The molecule has 100 valence electrons. The van der Waals surface area contributed by atoms with E-state index >= 15 is 0 Å².